The molecule has 8 heteroatoms. The highest BCUT2D eigenvalue weighted by Gasteiger charge is 2.34. The van der Waals surface area contributed by atoms with Crippen LogP contribution in [-0.2, 0) is 13.1 Å². The number of nitriles is 1. The molecule has 2 fully saturated rings. The predicted molar refractivity (Wildman–Crippen MR) is 98.0 cm³/mol. The molecule has 0 spiro atoms. The van der Waals surface area contributed by atoms with Crippen LogP contribution in [0.4, 0.5) is 5.95 Å². The first-order chi connectivity index (χ1) is 12.7. The number of anilines is 1. The minimum atomic E-state index is 0.646. The number of nitrogens with zero attached hydrogens (tertiary/aromatic N) is 7. The summed E-state index contributed by atoms with van der Waals surface area (Å²) in [5, 5.41) is 18.9. The van der Waals surface area contributed by atoms with Crippen molar-refractivity contribution in [2.45, 2.75) is 32.0 Å². The number of benzene rings is 1. The lowest BCUT2D eigenvalue weighted by Gasteiger charge is -2.32. The summed E-state index contributed by atoms with van der Waals surface area (Å²) in [4.78, 5) is 6.51. The molecule has 1 aromatic carbocycles. The van der Waals surface area contributed by atoms with Crippen LogP contribution < -0.4 is 4.90 Å². The zero-order valence-corrected chi connectivity index (χ0v) is 15.2. The first-order valence-corrected chi connectivity index (χ1v) is 9.47. The van der Waals surface area contributed by atoms with Crippen molar-refractivity contribution in [2.24, 2.45) is 0 Å². The molecular formula is C18H20ClN7. The molecule has 2 aromatic rings. The highest BCUT2D eigenvalue weighted by molar-refractivity contribution is 6.30. The summed E-state index contributed by atoms with van der Waals surface area (Å²) in [5.74, 6) is 1.86. The van der Waals surface area contributed by atoms with Crippen molar-refractivity contribution in [2.75, 3.05) is 31.1 Å². The molecule has 3 heterocycles. The van der Waals surface area contributed by atoms with Crippen molar-refractivity contribution >= 4 is 17.5 Å². The smallest absolute Gasteiger partial charge is 0.232 e. The van der Waals surface area contributed by atoms with Crippen LogP contribution in [0.15, 0.2) is 18.2 Å². The van der Waals surface area contributed by atoms with Crippen molar-refractivity contribution in [1.82, 2.24) is 24.6 Å². The molecule has 2 aliphatic heterocycles. The lowest BCUT2D eigenvalue weighted by atomic mass is 10.1. The maximum Gasteiger partial charge on any atom is 0.232 e. The number of hydrogen-bond donors (Lipinski definition) is 0. The first kappa shape index (κ1) is 15.9. The van der Waals surface area contributed by atoms with Crippen LogP contribution in [0.5, 0.6) is 0 Å². The fraction of sp³-hybridized carbons (Fsp3) is 0.500. The zero-order valence-electron chi connectivity index (χ0n) is 14.5. The van der Waals surface area contributed by atoms with Gasteiger partial charge in [0.2, 0.25) is 5.95 Å². The fourth-order valence-electron chi connectivity index (χ4n) is 3.92. The molecule has 1 aliphatic carbocycles. The Bertz CT molecular complexity index is 874. The molecule has 1 saturated heterocycles. The predicted octanol–water partition coefficient (Wildman–Crippen LogP) is 2.00. The van der Waals surface area contributed by atoms with E-state index in [2.05, 4.69) is 42.9 Å². The van der Waals surface area contributed by atoms with E-state index in [-0.39, 0.29) is 0 Å². The third-order valence-corrected chi connectivity index (χ3v) is 5.72. The van der Waals surface area contributed by atoms with Gasteiger partial charge in [0.15, 0.2) is 12.0 Å². The highest BCUT2D eigenvalue weighted by atomic mass is 35.5. The van der Waals surface area contributed by atoms with Crippen LogP contribution in [0.25, 0.3) is 5.69 Å². The number of rotatable bonds is 2. The molecule has 1 aromatic heterocycles. The molecule has 3 aliphatic rings. The van der Waals surface area contributed by atoms with Gasteiger partial charge < -0.3 is 9.80 Å². The molecule has 134 valence electrons. The molecule has 0 amide bonds. The van der Waals surface area contributed by atoms with Crippen LogP contribution in [0, 0.1) is 11.5 Å². The quantitative estimate of drug-likeness (QED) is 0.754. The lowest BCUT2D eigenvalue weighted by molar-refractivity contribution is 0.243. The molecule has 0 N–H and O–H groups in total. The average Bonchev–Trinajstić information content (AvgIpc) is 3.45. The van der Waals surface area contributed by atoms with Gasteiger partial charge in [0, 0.05) is 43.8 Å². The average molecular weight is 370 g/mol. The van der Waals surface area contributed by atoms with E-state index in [4.69, 9.17) is 16.9 Å². The maximum absolute atomic E-state index is 9.09. The van der Waals surface area contributed by atoms with Crippen molar-refractivity contribution in [3.63, 3.8) is 0 Å². The Balaban J connectivity index is 1.56. The van der Waals surface area contributed by atoms with Crippen molar-refractivity contribution < 1.29 is 0 Å². The molecule has 0 radical (unpaired) electrons. The molecule has 0 atom stereocenters. The second kappa shape index (κ2) is 6.15. The van der Waals surface area contributed by atoms with Gasteiger partial charge in [0.1, 0.15) is 0 Å². The summed E-state index contributed by atoms with van der Waals surface area (Å²) in [5.41, 5.74) is 2.34. The standard InChI is InChI=1S/C18H20ClN7/c19-14-1-4-16-13(9-14)10-25(15-2-3-15)11-17-21-22-18(26(16)17)24-7-5-23(12-20)6-8-24/h1,4,9,15H,2-3,5-8,10-11H2. The Morgan fingerprint density at radius 1 is 1.08 bits per heavy atom. The summed E-state index contributed by atoms with van der Waals surface area (Å²) in [6, 6.07) is 6.73. The minimum absolute atomic E-state index is 0.646. The van der Waals surface area contributed by atoms with Gasteiger partial charge in [-0.1, -0.05) is 11.6 Å². The second-order valence-corrected chi connectivity index (χ2v) is 7.67. The topological polar surface area (TPSA) is 64.2 Å². The molecule has 26 heavy (non-hydrogen) atoms. The van der Waals surface area contributed by atoms with E-state index in [9.17, 15) is 0 Å². The van der Waals surface area contributed by atoms with Crippen LogP contribution in [0.1, 0.15) is 24.2 Å². The summed E-state index contributed by atoms with van der Waals surface area (Å²) in [6.07, 6.45) is 4.75. The van der Waals surface area contributed by atoms with E-state index in [1.54, 1.807) is 4.90 Å². The third-order valence-electron chi connectivity index (χ3n) is 5.48. The number of halogens is 1. The van der Waals surface area contributed by atoms with Gasteiger partial charge in [-0.15, -0.1) is 10.2 Å². The van der Waals surface area contributed by atoms with Crippen LogP contribution in [0.3, 0.4) is 0 Å². The fourth-order valence-corrected chi connectivity index (χ4v) is 4.12. The van der Waals surface area contributed by atoms with Crippen molar-refractivity contribution in [3.05, 3.63) is 34.6 Å². The highest BCUT2D eigenvalue weighted by Crippen LogP contribution is 2.35. The summed E-state index contributed by atoms with van der Waals surface area (Å²) in [6.45, 7) is 4.70. The first-order valence-electron chi connectivity index (χ1n) is 9.10. The van der Waals surface area contributed by atoms with E-state index >= 15 is 0 Å². The maximum atomic E-state index is 9.09. The van der Waals surface area contributed by atoms with E-state index in [0.717, 1.165) is 61.8 Å². The van der Waals surface area contributed by atoms with Gasteiger partial charge in [-0.3, -0.25) is 9.47 Å². The van der Waals surface area contributed by atoms with Crippen LogP contribution in [0.2, 0.25) is 5.02 Å². The molecule has 0 bridgehead atoms. The molecular weight excluding hydrogens is 350 g/mol. The van der Waals surface area contributed by atoms with Gasteiger partial charge in [0.05, 0.1) is 12.2 Å². The SMILES string of the molecule is N#CN1CCN(c2nnc3n2-c2ccc(Cl)cc2CN(C2CC2)C3)CC1. The van der Waals surface area contributed by atoms with E-state index < -0.39 is 0 Å². The molecule has 0 unspecified atom stereocenters. The van der Waals surface area contributed by atoms with Crippen LogP contribution >= 0.6 is 11.6 Å². The Kier molecular flexibility index (Phi) is 3.76. The van der Waals surface area contributed by atoms with Gasteiger partial charge in [-0.2, -0.15) is 5.26 Å². The molecule has 5 rings (SSSR count). The summed E-state index contributed by atoms with van der Waals surface area (Å²) in [7, 11) is 0. The van der Waals surface area contributed by atoms with Gasteiger partial charge in [-0.05, 0) is 36.6 Å². The van der Waals surface area contributed by atoms with Gasteiger partial charge in [-0.25, -0.2) is 0 Å². The zero-order chi connectivity index (χ0) is 17.7. The normalized spacial score (nSPS) is 20.3. The number of hydrogen-bond acceptors (Lipinski definition) is 6. The Morgan fingerprint density at radius 3 is 2.62 bits per heavy atom. The van der Waals surface area contributed by atoms with E-state index in [1.165, 1.54) is 18.4 Å². The Morgan fingerprint density at radius 2 is 1.88 bits per heavy atom. The van der Waals surface area contributed by atoms with Gasteiger partial charge in [0.25, 0.3) is 0 Å². The second-order valence-electron chi connectivity index (χ2n) is 7.23. The Labute approximate surface area is 157 Å². The monoisotopic (exact) mass is 369 g/mol. The van der Waals surface area contributed by atoms with Crippen molar-refractivity contribution in [3.8, 4) is 11.9 Å². The number of fused-ring (bicyclic) bond motifs is 3. The summed E-state index contributed by atoms with van der Waals surface area (Å²) < 4.78 is 2.19. The van der Waals surface area contributed by atoms with E-state index in [1.807, 2.05) is 6.07 Å². The molecule has 7 nitrogen and oxygen atoms in total. The van der Waals surface area contributed by atoms with Crippen LogP contribution in [-0.4, -0.2) is 56.8 Å². The molecule has 1 saturated carbocycles. The Hall–Kier alpha value is -2.30. The van der Waals surface area contributed by atoms with E-state index in [0.29, 0.717) is 6.04 Å². The number of piperazine rings is 1. The largest absolute Gasteiger partial charge is 0.337 e. The minimum Gasteiger partial charge on any atom is -0.337 e. The number of aromatic nitrogens is 3. The summed E-state index contributed by atoms with van der Waals surface area (Å²) >= 11 is 6.29. The third kappa shape index (κ3) is 2.70. The van der Waals surface area contributed by atoms with Crippen molar-refractivity contribution in [1.29, 1.82) is 5.26 Å². The van der Waals surface area contributed by atoms with Gasteiger partial charge >= 0.3 is 0 Å². The lowest BCUT2D eigenvalue weighted by Crippen LogP contribution is -2.45.